The Labute approximate surface area is 125 Å². The van der Waals surface area contributed by atoms with Gasteiger partial charge in [-0.2, -0.15) is 0 Å². The highest BCUT2D eigenvalue weighted by Crippen LogP contribution is 2.37. The van der Waals surface area contributed by atoms with E-state index < -0.39 is 0 Å². The average molecular weight is 282 g/mol. The molecule has 3 heteroatoms. The molecule has 2 aromatic rings. The fourth-order valence-electron chi connectivity index (χ4n) is 3.45. The van der Waals surface area contributed by atoms with E-state index in [1.165, 1.54) is 12.8 Å². The number of rotatable bonds is 3. The van der Waals surface area contributed by atoms with Crippen molar-refractivity contribution in [1.82, 2.24) is 4.98 Å². The van der Waals surface area contributed by atoms with Crippen LogP contribution in [0.4, 0.5) is 0 Å². The molecule has 1 aromatic heterocycles. The second-order valence-corrected chi connectivity index (χ2v) is 6.14. The van der Waals surface area contributed by atoms with Gasteiger partial charge in [0, 0.05) is 29.1 Å². The molecular weight excluding hydrogens is 260 g/mol. The SMILES string of the molecule is NCC1(C(=O)c2ccc3ncccc3c2)CCCCCC1. The van der Waals surface area contributed by atoms with Gasteiger partial charge < -0.3 is 5.73 Å². The molecule has 0 spiro atoms. The molecule has 0 amide bonds. The minimum Gasteiger partial charge on any atom is -0.329 e. The van der Waals surface area contributed by atoms with E-state index in [0.717, 1.165) is 42.1 Å². The van der Waals surface area contributed by atoms with Crippen molar-refractivity contribution in [3.05, 3.63) is 42.1 Å². The van der Waals surface area contributed by atoms with Crippen LogP contribution in [0.3, 0.4) is 0 Å². The van der Waals surface area contributed by atoms with Gasteiger partial charge in [0.2, 0.25) is 0 Å². The van der Waals surface area contributed by atoms with Crippen molar-refractivity contribution in [3.8, 4) is 0 Å². The Hall–Kier alpha value is -1.74. The number of hydrogen-bond acceptors (Lipinski definition) is 3. The van der Waals surface area contributed by atoms with Crippen molar-refractivity contribution in [2.24, 2.45) is 11.1 Å². The molecule has 0 saturated heterocycles. The van der Waals surface area contributed by atoms with Crippen LogP contribution in [0.25, 0.3) is 10.9 Å². The third-order valence-corrected chi connectivity index (χ3v) is 4.80. The number of benzene rings is 1. The summed E-state index contributed by atoms with van der Waals surface area (Å²) in [6.45, 7) is 0.455. The van der Waals surface area contributed by atoms with Crippen LogP contribution in [0.5, 0.6) is 0 Å². The van der Waals surface area contributed by atoms with Crippen molar-refractivity contribution >= 4 is 16.7 Å². The maximum Gasteiger partial charge on any atom is 0.170 e. The number of pyridine rings is 1. The predicted molar refractivity (Wildman–Crippen MR) is 85.3 cm³/mol. The number of nitrogens with zero attached hydrogens (tertiary/aromatic N) is 1. The van der Waals surface area contributed by atoms with Gasteiger partial charge in [-0.25, -0.2) is 0 Å². The zero-order valence-electron chi connectivity index (χ0n) is 12.3. The van der Waals surface area contributed by atoms with Gasteiger partial charge in [-0.05, 0) is 37.1 Å². The minimum atomic E-state index is -0.355. The number of ketones is 1. The lowest BCUT2D eigenvalue weighted by molar-refractivity contribution is 0.0774. The van der Waals surface area contributed by atoms with Gasteiger partial charge in [0.1, 0.15) is 0 Å². The fourth-order valence-corrected chi connectivity index (χ4v) is 3.45. The molecule has 3 nitrogen and oxygen atoms in total. The summed E-state index contributed by atoms with van der Waals surface area (Å²) in [5.74, 6) is 0.220. The summed E-state index contributed by atoms with van der Waals surface area (Å²) in [6.07, 6.45) is 8.28. The van der Waals surface area contributed by atoms with Gasteiger partial charge in [0.05, 0.1) is 5.52 Å². The van der Waals surface area contributed by atoms with Crippen molar-refractivity contribution in [2.75, 3.05) is 6.54 Å². The molecule has 1 heterocycles. The number of fused-ring (bicyclic) bond motifs is 1. The number of hydrogen-bond donors (Lipinski definition) is 1. The lowest BCUT2D eigenvalue weighted by atomic mass is 9.74. The quantitative estimate of drug-likeness (QED) is 0.689. The number of nitrogens with two attached hydrogens (primary N) is 1. The maximum atomic E-state index is 13.0. The highest BCUT2D eigenvalue weighted by Gasteiger charge is 2.37. The van der Waals surface area contributed by atoms with Crippen LogP contribution in [0.1, 0.15) is 48.9 Å². The van der Waals surface area contributed by atoms with Crippen LogP contribution in [0, 0.1) is 5.41 Å². The van der Waals surface area contributed by atoms with Crippen LogP contribution in [0.15, 0.2) is 36.5 Å². The van der Waals surface area contributed by atoms with Crippen LogP contribution in [0.2, 0.25) is 0 Å². The predicted octanol–water partition coefficient (Wildman–Crippen LogP) is 3.72. The third kappa shape index (κ3) is 2.70. The molecule has 1 aliphatic carbocycles. The van der Waals surface area contributed by atoms with Gasteiger partial charge in [-0.1, -0.05) is 31.7 Å². The first-order valence-corrected chi connectivity index (χ1v) is 7.85. The van der Waals surface area contributed by atoms with E-state index in [1.54, 1.807) is 6.20 Å². The first-order valence-electron chi connectivity index (χ1n) is 7.85. The largest absolute Gasteiger partial charge is 0.329 e. The summed E-state index contributed by atoms with van der Waals surface area (Å²) >= 11 is 0. The lowest BCUT2D eigenvalue weighted by Crippen LogP contribution is -2.38. The van der Waals surface area contributed by atoms with E-state index in [1.807, 2.05) is 30.3 Å². The molecule has 2 N–H and O–H groups in total. The summed E-state index contributed by atoms with van der Waals surface area (Å²) in [6, 6.07) is 9.71. The van der Waals surface area contributed by atoms with E-state index in [-0.39, 0.29) is 11.2 Å². The first kappa shape index (κ1) is 14.2. The molecule has 1 aromatic carbocycles. The lowest BCUT2D eigenvalue weighted by Gasteiger charge is -2.29. The molecule has 1 saturated carbocycles. The number of Topliss-reactive ketones (excluding diaryl/α,β-unsaturated/α-hetero) is 1. The molecule has 0 aliphatic heterocycles. The van der Waals surface area contributed by atoms with Gasteiger partial charge >= 0.3 is 0 Å². The molecule has 21 heavy (non-hydrogen) atoms. The van der Waals surface area contributed by atoms with E-state index in [0.29, 0.717) is 6.54 Å². The molecule has 3 rings (SSSR count). The Kier molecular flexibility index (Phi) is 4.02. The Morgan fingerprint density at radius 1 is 1.14 bits per heavy atom. The highest BCUT2D eigenvalue weighted by atomic mass is 16.1. The molecule has 0 unspecified atom stereocenters. The fraction of sp³-hybridized carbons (Fsp3) is 0.444. The van der Waals surface area contributed by atoms with Crippen molar-refractivity contribution in [2.45, 2.75) is 38.5 Å². The summed E-state index contributed by atoms with van der Waals surface area (Å²) in [4.78, 5) is 17.4. The van der Waals surface area contributed by atoms with Crippen molar-refractivity contribution < 1.29 is 4.79 Å². The number of carbonyl (C=O) groups excluding carboxylic acids is 1. The zero-order chi connectivity index (χ0) is 14.7. The van der Waals surface area contributed by atoms with E-state index in [4.69, 9.17) is 5.73 Å². The van der Waals surface area contributed by atoms with E-state index >= 15 is 0 Å². The molecule has 0 bridgehead atoms. The Morgan fingerprint density at radius 3 is 2.62 bits per heavy atom. The van der Waals surface area contributed by atoms with Crippen molar-refractivity contribution in [3.63, 3.8) is 0 Å². The van der Waals surface area contributed by atoms with Crippen LogP contribution in [-0.4, -0.2) is 17.3 Å². The summed E-state index contributed by atoms with van der Waals surface area (Å²) in [5.41, 5.74) is 7.38. The third-order valence-electron chi connectivity index (χ3n) is 4.80. The average Bonchev–Trinajstić information content (AvgIpc) is 2.80. The summed E-state index contributed by atoms with van der Waals surface area (Å²) in [7, 11) is 0. The van der Waals surface area contributed by atoms with Crippen LogP contribution >= 0.6 is 0 Å². The Morgan fingerprint density at radius 2 is 1.90 bits per heavy atom. The normalized spacial score (nSPS) is 18.3. The van der Waals surface area contributed by atoms with Crippen LogP contribution in [-0.2, 0) is 0 Å². The molecule has 1 aliphatic rings. The minimum absolute atomic E-state index is 0.220. The molecule has 110 valence electrons. The highest BCUT2D eigenvalue weighted by molar-refractivity contribution is 6.03. The second kappa shape index (κ2) is 5.94. The van der Waals surface area contributed by atoms with Crippen LogP contribution < -0.4 is 5.73 Å². The molecule has 0 radical (unpaired) electrons. The maximum absolute atomic E-state index is 13.0. The van der Waals surface area contributed by atoms with Gasteiger partial charge in [-0.15, -0.1) is 0 Å². The molecule has 1 fully saturated rings. The number of carbonyl (C=O) groups is 1. The van der Waals surface area contributed by atoms with Gasteiger partial charge in [0.25, 0.3) is 0 Å². The van der Waals surface area contributed by atoms with Gasteiger partial charge in [-0.3, -0.25) is 9.78 Å². The second-order valence-electron chi connectivity index (χ2n) is 6.14. The smallest absolute Gasteiger partial charge is 0.170 e. The van der Waals surface area contributed by atoms with E-state index in [2.05, 4.69) is 4.98 Å². The molecule has 0 atom stereocenters. The topological polar surface area (TPSA) is 56.0 Å². The Balaban J connectivity index is 1.97. The zero-order valence-corrected chi connectivity index (χ0v) is 12.3. The number of aromatic nitrogens is 1. The van der Waals surface area contributed by atoms with Crippen molar-refractivity contribution in [1.29, 1.82) is 0 Å². The monoisotopic (exact) mass is 282 g/mol. The van der Waals surface area contributed by atoms with E-state index in [9.17, 15) is 4.79 Å². The molecular formula is C18H22N2O. The summed E-state index contributed by atoms with van der Waals surface area (Å²) in [5, 5.41) is 1.02. The first-order chi connectivity index (χ1) is 10.2. The summed E-state index contributed by atoms with van der Waals surface area (Å²) < 4.78 is 0. The standard InChI is InChI=1S/C18H22N2O/c19-13-18(9-3-1-2-4-10-18)17(21)15-7-8-16-14(12-15)6-5-11-20-16/h5-8,11-12H,1-4,9-10,13,19H2. The Bertz CT molecular complexity index is 642. The van der Waals surface area contributed by atoms with Gasteiger partial charge in [0.15, 0.2) is 5.78 Å².